The minimum atomic E-state index is -3.93. The molecule has 2 N–H and O–H groups in total. The van der Waals surface area contributed by atoms with Crippen molar-refractivity contribution in [3.8, 4) is 0 Å². The Balaban J connectivity index is 1.89. The molecule has 164 valence electrons. The molecule has 1 aliphatic rings. The molecule has 0 unspecified atom stereocenters. The molecule has 10 nitrogen and oxygen atoms in total. The van der Waals surface area contributed by atoms with E-state index in [2.05, 4.69) is 15.2 Å². The standard InChI is InChI=1S/C18H30N4O6S/c1-11-15(13(3)28-20-11)29(25,26)21-12(2)16(23)22-9-7-14(8-10-22)19-17(24)27-18(4,5)6/h12,14,21H,7-10H2,1-6H3,(H,19,24)/t12-/m0/s1. The van der Waals surface area contributed by atoms with E-state index in [1.165, 1.54) is 20.8 Å². The number of alkyl carbamates (subject to hydrolysis) is 1. The van der Waals surface area contributed by atoms with E-state index in [0.29, 0.717) is 25.9 Å². The van der Waals surface area contributed by atoms with Gasteiger partial charge in [0.1, 0.15) is 16.2 Å². The second-order valence-electron chi connectivity index (χ2n) is 8.24. The van der Waals surface area contributed by atoms with Crippen molar-refractivity contribution in [3.05, 3.63) is 11.5 Å². The Morgan fingerprint density at radius 1 is 1.24 bits per heavy atom. The van der Waals surface area contributed by atoms with Gasteiger partial charge >= 0.3 is 6.09 Å². The number of piperidine rings is 1. The van der Waals surface area contributed by atoms with Crippen LogP contribution < -0.4 is 10.0 Å². The smallest absolute Gasteiger partial charge is 0.407 e. The normalized spacial score (nSPS) is 17.1. The van der Waals surface area contributed by atoms with Crippen LogP contribution in [0, 0.1) is 13.8 Å². The number of amides is 2. The number of carbonyl (C=O) groups excluding carboxylic acids is 2. The number of ether oxygens (including phenoxy) is 1. The third-order valence-electron chi connectivity index (χ3n) is 4.47. The number of aryl methyl sites for hydroxylation is 2. The molecule has 11 heteroatoms. The molecule has 0 saturated carbocycles. The minimum Gasteiger partial charge on any atom is -0.444 e. The van der Waals surface area contributed by atoms with Crippen molar-refractivity contribution in [1.82, 2.24) is 20.1 Å². The fourth-order valence-corrected chi connectivity index (χ4v) is 4.72. The Bertz CT molecular complexity index is 831. The van der Waals surface area contributed by atoms with Crippen LogP contribution >= 0.6 is 0 Å². The van der Waals surface area contributed by atoms with Crippen molar-refractivity contribution in [3.63, 3.8) is 0 Å². The van der Waals surface area contributed by atoms with Crippen LogP contribution in [0.5, 0.6) is 0 Å². The minimum absolute atomic E-state index is 0.0441. The van der Waals surface area contributed by atoms with Gasteiger partial charge in [0.25, 0.3) is 0 Å². The molecule has 1 aromatic rings. The van der Waals surface area contributed by atoms with Crippen molar-refractivity contribution in [1.29, 1.82) is 0 Å². The first-order valence-electron chi connectivity index (χ1n) is 9.53. The summed E-state index contributed by atoms with van der Waals surface area (Å²) in [6.45, 7) is 10.7. The molecule has 2 rings (SSSR count). The maximum absolute atomic E-state index is 12.7. The number of likely N-dealkylation sites (tertiary alicyclic amines) is 1. The molecular weight excluding hydrogens is 400 g/mol. The van der Waals surface area contributed by atoms with E-state index in [4.69, 9.17) is 9.26 Å². The summed E-state index contributed by atoms with van der Waals surface area (Å²) in [4.78, 5) is 26.1. The van der Waals surface area contributed by atoms with Crippen molar-refractivity contribution < 1.29 is 27.3 Å². The van der Waals surface area contributed by atoms with Gasteiger partial charge in [-0.1, -0.05) is 5.16 Å². The van der Waals surface area contributed by atoms with Crippen molar-refractivity contribution in [2.45, 2.75) is 77.0 Å². The lowest BCUT2D eigenvalue weighted by atomic mass is 10.0. The van der Waals surface area contributed by atoms with Gasteiger partial charge in [-0.25, -0.2) is 13.2 Å². The van der Waals surface area contributed by atoms with Crippen molar-refractivity contribution in [2.75, 3.05) is 13.1 Å². The van der Waals surface area contributed by atoms with Gasteiger partial charge in [0.05, 0.1) is 6.04 Å². The number of nitrogens with one attached hydrogen (secondary N) is 2. The lowest BCUT2D eigenvalue weighted by Gasteiger charge is -2.34. The highest BCUT2D eigenvalue weighted by molar-refractivity contribution is 7.89. The quantitative estimate of drug-likeness (QED) is 0.723. The summed E-state index contributed by atoms with van der Waals surface area (Å²) < 4.78 is 37.7. The van der Waals surface area contributed by atoms with E-state index in [-0.39, 0.29) is 28.3 Å². The average molecular weight is 431 g/mol. The molecular formula is C18H30N4O6S. The van der Waals surface area contributed by atoms with Crippen LogP contribution in [-0.2, 0) is 19.6 Å². The summed E-state index contributed by atoms with van der Waals surface area (Å²) >= 11 is 0. The summed E-state index contributed by atoms with van der Waals surface area (Å²) in [5, 5.41) is 6.45. The van der Waals surface area contributed by atoms with Crippen LogP contribution in [-0.4, -0.2) is 61.2 Å². The second kappa shape index (κ2) is 8.70. The number of sulfonamides is 1. The molecule has 2 heterocycles. The summed E-state index contributed by atoms with van der Waals surface area (Å²) in [7, 11) is -3.93. The zero-order valence-electron chi connectivity index (χ0n) is 17.7. The highest BCUT2D eigenvalue weighted by Crippen LogP contribution is 2.20. The van der Waals surface area contributed by atoms with E-state index in [0.717, 1.165) is 0 Å². The Labute approximate surface area is 171 Å². The molecule has 0 spiro atoms. The van der Waals surface area contributed by atoms with E-state index >= 15 is 0 Å². The summed E-state index contributed by atoms with van der Waals surface area (Å²) in [5.41, 5.74) is -0.335. The van der Waals surface area contributed by atoms with Gasteiger partial charge in [0.2, 0.25) is 15.9 Å². The predicted octanol–water partition coefficient (Wildman–Crippen LogP) is 1.47. The van der Waals surface area contributed by atoms with Gasteiger partial charge in [0, 0.05) is 19.1 Å². The van der Waals surface area contributed by atoms with Gasteiger partial charge in [-0.2, -0.15) is 4.72 Å². The lowest BCUT2D eigenvalue weighted by molar-refractivity contribution is -0.133. The van der Waals surface area contributed by atoms with E-state index < -0.39 is 27.8 Å². The highest BCUT2D eigenvalue weighted by atomic mass is 32.2. The van der Waals surface area contributed by atoms with Crippen molar-refractivity contribution in [2.24, 2.45) is 0 Å². The number of hydrogen-bond acceptors (Lipinski definition) is 7. The van der Waals surface area contributed by atoms with Crippen molar-refractivity contribution >= 4 is 22.0 Å². The zero-order valence-corrected chi connectivity index (χ0v) is 18.6. The summed E-state index contributed by atoms with van der Waals surface area (Å²) in [6, 6.07) is -1.03. The number of nitrogens with zero attached hydrogens (tertiary/aromatic N) is 2. The second-order valence-corrected chi connectivity index (χ2v) is 9.89. The highest BCUT2D eigenvalue weighted by Gasteiger charge is 2.32. The summed E-state index contributed by atoms with van der Waals surface area (Å²) in [5.74, 6) is -0.153. The molecule has 1 saturated heterocycles. The molecule has 1 atom stereocenters. The molecule has 0 bridgehead atoms. The number of hydrogen-bond donors (Lipinski definition) is 2. The van der Waals surface area contributed by atoms with Crippen LogP contribution in [0.4, 0.5) is 4.79 Å². The predicted molar refractivity (Wildman–Crippen MR) is 105 cm³/mol. The third-order valence-corrected chi connectivity index (χ3v) is 6.25. The van der Waals surface area contributed by atoms with Crippen LogP contribution in [0.15, 0.2) is 9.42 Å². The number of carbonyl (C=O) groups is 2. The molecule has 1 aliphatic heterocycles. The Morgan fingerprint density at radius 2 is 1.83 bits per heavy atom. The molecule has 1 aromatic heterocycles. The lowest BCUT2D eigenvalue weighted by Crippen LogP contribution is -2.52. The van der Waals surface area contributed by atoms with Gasteiger partial charge < -0.3 is 19.5 Å². The first kappa shape index (κ1) is 23.1. The monoisotopic (exact) mass is 430 g/mol. The largest absolute Gasteiger partial charge is 0.444 e. The van der Waals surface area contributed by atoms with Gasteiger partial charge in [-0.05, 0) is 54.4 Å². The molecule has 0 aromatic carbocycles. The molecule has 29 heavy (non-hydrogen) atoms. The van der Waals surface area contributed by atoms with Crippen LogP contribution in [0.25, 0.3) is 0 Å². The SMILES string of the molecule is Cc1noc(C)c1S(=O)(=O)N[C@@H](C)C(=O)N1CCC(NC(=O)OC(C)(C)C)CC1. The molecule has 0 aliphatic carbocycles. The van der Waals surface area contributed by atoms with Gasteiger partial charge in [-0.15, -0.1) is 0 Å². The van der Waals surface area contributed by atoms with Gasteiger partial charge in [0.15, 0.2) is 5.76 Å². The van der Waals surface area contributed by atoms with E-state index in [1.807, 2.05) is 0 Å². The first-order valence-corrected chi connectivity index (χ1v) is 11.0. The Kier molecular flexibility index (Phi) is 6.94. The molecule has 1 fully saturated rings. The van der Waals surface area contributed by atoms with Crippen LogP contribution in [0.3, 0.4) is 0 Å². The topological polar surface area (TPSA) is 131 Å². The average Bonchev–Trinajstić information content (AvgIpc) is 2.92. The molecule has 2 amide bonds. The summed E-state index contributed by atoms with van der Waals surface area (Å²) in [6.07, 6.45) is 0.644. The maximum atomic E-state index is 12.7. The van der Waals surface area contributed by atoms with Crippen LogP contribution in [0.2, 0.25) is 0 Å². The Hall–Kier alpha value is -2.14. The van der Waals surface area contributed by atoms with Gasteiger partial charge in [-0.3, -0.25) is 4.79 Å². The van der Waals surface area contributed by atoms with E-state index in [1.54, 1.807) is 25.7 Å². The zero-order chi connectivity index (χ0) is 22.0. The fourth-order valence-electron chi connectivity index (χ4n) is 3.19. The Morgan fingerprint density at radius 3 is 2.31 bits per heavy atom. The van der Waals surface area contributed by atoms with Crippen LogP contribution in [0.1, 0.15) is 52.0 Å². The number of rotatable bonds is 5. The first-order chi connectivity index (χ1) is 13.3. The number of aromatic nitrogens is 1. The van der Waals surface area contributed by atoms with E-state index in [9.17, 15) is 18.0 Å². The third kappa shape index (κ3) is 6.17. The maximum Gasteiger partial charge on any atom is 0.407 e. The molecule has 0 radical (unpaired) electrons. The fraction of sp³-hybridized carbons (Fsp3) is 0.722.